The monoisotopic (exact) mass is 309 g/mol. The number of carbonyl (C=O) groups excluding carboxylic acids is 2. The van der Waals surface area contributed by atoms with Gasteiger partial charge in [0.1, 0.15) is 0 Å². The van der Waals surface area contributed by atoms with Crippen LogP contribution in [0.1, 0.15) is 17.5 Å². The van der Waals surface area contributed by atoms with Crippen LogP contribution in [0.15, 0.2) is 54.9 Å². The second kappa shape index (κ2) is 7.70. The zero-order valence-electron chi connectivity index (χ0n) is 12.2. The fourth-order valence-electron chi connectivity index (χ4n) is 1.79. The number of phenolic OH excluding ortho intramolecular Hbond substituents is 2. The van der Waals surface area contributed by atoms with E-state index in [1.165, 1.54) is 30.4 Å². The topological polar surface area (TPSA) is 87.5 Å². The predicted molar refractivity (Wildman–Crippen MR) is 86.7 cm³/mol. The van der Waals surface area contributed by atoms with Gasteiger partial charge in [-0.05, 0) is 47.6 Å². The molecule has 0 aliphatic carbocycles. The zero-order valence-corrected chi connectivity index (χ0v) is 12.2. The average molecular weight is 309 g/mol. The average Bonchev–Trinajstić information content (AvgIpc) is 2.55. The number of ketones is 2. The second-order valence-electron chi connectivity index (χ2n) is 4.81. The van der Waals surface area contributed by atoms with Crippen molar-refractivity contribution >= 4 is 23.7 Å². The Balaban J connectivity index is 1.91. The quantitative estimate of drug-likeness (QED) is 0.487. The highest BCUT2D eigenvalue weighted by Crippen LogP contribution is 2.25. The van der Waals surface area contributed by atoms with Crippen molar-refractivity contribution in [3.63, 3.8) is 0 Å². The number of aromatic hydroxyl groups is 2. The first-order valence-electron chi connectivity index (χ1n) is 6.88. The van der Waals surface area contributed by atoms with Crippen molar-refractivity contribution in [3.05, 3.63) is 66.0 Å². The molecule has 0 fully saturated rings. The molecule has 0 aliphatic rings. The van der Waals surface area contributed by atoms with Crippen molar-refractivity contribution in [2.24, 2.45) is 0 Å². The molecule has 0 atom stereocenters. The molecule has 0 radical (unpaired) electrons. The molecule has 0 bridgehead atoms. The first-order chi connectivity index (χ1) is 11.0. The summed E-state index contributed by atoms with van der Waals surface area (Å²) in [5, 5.41) is 18.5. The highest BCUT2D eigenvalue weighted by atomic mass is 16.3. The van der Waals surface area contributed by atoms with E-state index >= 15 is 0 Å². The summed E-state index contributed by atoms with van der Waals surface area (Å²) in [6.45, 7) is 0. The molecule has 2 aromatic rings. The first kappa shape index (κ1) is 16.2. The molecular weight excluding hydrogens is 294 g/mol. The number of rotatable bonds is 6. The summed E-state index contributed by atoms with van der Waals surface area (Å²) >= 11 is 0. The van der Waals surface area contributed by atoms with Gasteiger partial charge in [0, 0.05) is 12.4 Å². The molecule has 116 valence electrons. The van der Waals surface area contributed by atoms with Crippen molar-refractivity contribution in [1.29, 1.82) is 0 Å². The lowest BCUT2D eigenvalue weighted by Crippen LogP contribution is -2.01. The minimum absolute atomic E-state index is 0.232. The van der Waals surface area contributed by atoms with E-state index in [9.17, 15) is 19.8 Å². The fraction of sp³-hybridized carbons (Fsp3) is 0.0556. The van der Waals surface area contributed by atoms with Gasteiger partial charge >= 0.3 is 0 Å². The molecule has 0 spiro atoms. The van der Waals surface area contributed by atoms with Crippen LogP contribution in [0.4, 0.5) is 0 Å². The molecule has 0 amide bonds. The van der Waals surface area contributed by atoms with Crippen molar-refractivity contribution in [3.8, 4) is 11.5 Å². The molecule has 1 aromatic carbocycles. The molecular formula is C18H15NO4. The van der Waals surface area contributed by atoms with Crippen LogP contribution in [0.5, 0.6) is 11.5 Å². The highest BCUT2D eigenvalue weighted by molar-refractivity contribution is 6.10. The molecule has 0 aliphatic heterocycles. The van der Waals surface area contributed by atoms with Gasteiger partial charge in [-0.25, -0.2) is 0 Å². The Morgan fingerprint density at radius 2 is 1.65 bits per heavy atom. The molecule has 1 aromatic heterocycles. The van der Waals surface area contributed by atoms with Gasteiger partial charge < -0.3 is 10.2 Å². The normalized spacial score (nSPS) is 11.1. The molecule has 0 unspecified atom stereocenters. The van der Waals surface area contributed by atoms with Crippen molar-refractivity contribution in [2.45, 2.75) is 6.42 Å². The Hall–Kier alpha value is -3.21. The van der Waals surface area contributed by atoms with Crippen molar-refractivity contribution in [1.82, 2.24) is 4.98 Å². The van der Waals surface area contributed by atoms with Crippen LogP contribution in [0.3, 0.4) is 0 Å². The van der Waals surface area contributed by atoms with Gasteiger partial charge in [0.05, 0.1) is 6.42 Å². The SMILES string of the molecule is O=C(/C=C/c1cccnc1)CC(=O)/C=C/c1ccc(O)c(O)c1. The predicted octanol–water partition coefficient (Wildman–Crippen LogP) is 2.75. The molecule has 23 heavy (non-hydrogen) atoms. The molecule has 2 rings (SSSR count). The van der Waals surface area contributed by atoms with Crippen LogP contribution < -0.4 is 0 Å². The number of hydrogen-bond donors (Lipinski definition) is 2. The largest absolute Gasteiger partial charge is 0.504 e. The number of allylic oxidation sites excluding steroid dienone is 2. The molecule has 0 saturated carbocycles. The standard InChI is InChI=1S/C18H15NO4/c20-15(6-3-13-5-8-17(22)18(23)10-13)11-16(21)7-4-14-2-1-9-19-12-14/h1-10,12,22-23H,11H2/b6-3+,7-4+. The van der Waals surface area contributed by atoms with Crippen LogP contribution in [-0.4, -0.2) is 26.8 Å². The van der Waals surface area contributed by atoms with E-state index in [4.69, 9.17) is 0 Å². The number of phenols is 2. The van der Waals surface area contributed by atoms with Crippen LogP contribution >= 0.6 is 0 Å². The minimum Gasteiger partial charge on any atom is -0.504 e. The Morgan fingerprint density at radius 3 is 2.26 bits per heavy atom. The molecule has 1 heterocycles. The van der Waals surface area contributed by atoms with Gasteiger partial charge in [-0.2, -0.15) is 0 Å². The minimum atomic E-state index is -0.349. The zero-order chi connectivity index (χ0) is 16.7. The van der Waals surface area contributed by atoms with Gasteiger partial charge in [0.15, 0.2) is 23.1 Å². The summed E-state index contributed by atoms with van der Waals surface area (Å²) < 4.78 is 0. The van der Waals surface area contributed by atoms with Crippen LogP contribution in [0.25, 0.3) is 12.2 Å². The van der Waals surface area contributed by atoms with Crippen molar-refractivity contribution in [2.75, 3.05) is 0 Å². The number of benzene rings is 1. The number of pyridine rings is 1. The van der Waals surface area contributed by atoms with E-state index < -0.39 is 0 Å². The van der Waals surface area contributed by atoms with E-state index in [0.29, 0.717) is 5.56 Å². The molecule has 2 N–H and O–H groups in total. The summed E-state index contributed by atoms with van der Waals surface area (Å²) in [6.07, 6.45) is 8.69. The molecule has 0 saturated heterocycles. The highest BCUT2D eigenvalue weighted by Gasteiger charge is 2.04. The lowest BCUT2D eigenvalue weighted by atomic mass is 10.1. The third kappa shape index (κ3) is 5.24. The van der Waals surface area contributed by atoms with E-state index in [1.54, 1.807) is 36.7 Å². The van der Waals surface area contributed by atoms with Gasteiger partial charge in [-0.3, -0.25) is 14.6 Å². The van der Waals surface area contributed by atoms with Crippen LogP contribution in [-0.2, 0) is 9.59 Å². The third-order valence-electron chi connectivity index (χ3n) is 2.96. The Bertz CT molecular complexity index is 764. The van der Waals surface area contributed by atoms with Gasteiger partial charge in [0.25, 0.3) is 0 Å². The van der Waals surface area contributed by atoms with E-state index in [2.05, 4.69) is 4.98 Å². The summed E-state index contributed by atoms with van der Waals surface area (Å²) in [5.41, 5.74) is 1.33. The van der Waals surface area contributed by atoms with Crippen molar-refractivity contribution < 1.29 is 19.8 Å². The Labute approximate surface area is 133 Å². The van der Waals surface area contributed by atoms with E-state index in [0.717, 1.165) is 5.56 Å². The molecule has 5 heteroatoms. The lowest BCUT2D eigenvalue weighted by molar-refractivity contribution is -0.121. The fourth-order valence-corrected chi connectivity index (χ4v) is 1.79. The maximum absolute atomic E-state index is 11.7. The number of hydrogen-bond acceptors (Lipinski definition) is 5. The smallest absolute Gasteiger partial charge is 0.163 e. The van der Waals surface area contributed by atoms with Crippen LogP contribution in [0, 0.1) is 0 Å². The summed E-state index contributed by atoms with van der Waals surface area (Å²) in [7, 11) is 0. The number of nitrogens with zero attached hydrogens (tertiary/aromatic N) is 1. The summed E-state index contributed by atoms with van der Waals surface area (Å²) in [6, 6.07) is 7.74. The molecule has 5 nitrogen and oxygen atoms in total. The number of carbonyl (C=O) groups is 2. The van der Waals surface area contributed by atoms with Gasteiger partial charge in [-0.15, -0.1) is 0 Å². The lowest BCUT2D eigenvalue weighted by Gasteiger charge is -1.98. The number of aromatic nitrogens is 1. The maximum Gasteiger partial charge on any atom is 0.163 e. The maximum atomic E-state index is 11.7. The van der Waals surface area contributed by atoms with Crippen LogP contribution in [0.2, 0.25) is 0 Å². The first-order valence-corrected chi connectivity index (χ1v) is 6.88. The summed E-state index contributed by atoms with van der Waals surface area (Å²) in [4.78, 5) is 27.3. The Morgan fingerprint density at radius 1 is 0.957 bits per heavy atom. The van der Waals surface area contributed by atoms with E-state index in [1.807, 2.05) is 0 Å². The van der Waals surface area contributed by atoms with Gasteiger partial charge in [0.2, 0.25) is 0 Å². The third-order valence-corrected chi connectivity index (χ3v) is 2.96. The second-order valence-corrected chi connectivity index (χ2v) is 4.81. The van der Waals surface area contributed by atoms with Gasteiger partial charge in [-0.1, -0.05) is 18.2 Å². The Kier molecular flexibility index (Phi) is 5.41. The summed E-state index contributed by atoms with van der Waals surface area (Å²) in [5.74, 6) is -1.16. The van der Waals surface area contributed by atoms with E-state index in [-0.39, 0.29) is 29.5 Å².